The van der Waals surface area contributed by atoms with E-state index in [1.807, 2.05) is 11.3 Å². The smallest absolute Gasteiger partial charge is 0.0701 e. The molecule has 0 spiro atoms. The highest BCUT2D eigenvalue weighted by molar-refractivity contribution is 9.11. The van der Waals surface area contributed by atoms with Gasteiger partial charge in [-0.1, -0.05) is 13.8 Å². The zero-order valence-electron chi connectivity index (χ0n) is 12.4. The molecular formula is C15H25BrN2S. The molecule has 2 heterocycles. The van der Waals surface area contributed by atoms with Crippen LogP contribution in [0.5, 0.6) is 0 Å². The van der Waals surface area contributed by atoms with Crippen molar-refractivity contribution in [1.29, 1.82) is 0 Å². The Morgan fingerprint density at radius 3 is 2.53 bits per heavy atom. The van der Waals surface area contributed by atoms with Gasteiger partial charge in [-0.15, -0.1) is 11.3 Å². The number of hydrogen-bond acceptors (Lipinski definition) is 3. The van der Waals surface area contributed by atoms with Crippen LogP contribution in [0.15, 0.2) is 15.9 Å². The van der Waals surface area contributed by atoms with Crippen molar-refractivity contribution in [2.24, 2.45) is 0 Å². The lowest BCUT2D eigenvalue weighted by molar-refractivity contribution is 0.00307. The summed E-state index contributed by atoms with van der Waals surface area (Å²) in [4.78, 5) is 4.15. The average Bonchev–Trinajstić information content (AvgIpc) is 2.75. The minimum Gasteiger partial charge on any atom is -0.309 e. The van der Waals surface area contributed by atoms with Crippen molar-refractivity contribution >= 4 is 27.3 Å². The molecule has 4 heteroatoms. The van der Waals surface area contributed by atoms with Crippen molar-refractivity contribution in [3.63, 3.8) is 0 Å². The Morgan fingerprint density at radius 2 is 2.00 bits per heavy atom. The van der Waals surface area contributed by atoms with E-state index in [1.165, 1.54) is 21.5 Å². The van der Waals surface area contributed by atoms with Gasteiger partial charge in [0.25, 0.3) is 0 Å². The molecule has 1 fully saturated rings. The van der Waals surface area contributed by atoms with E-state index < -0.39 is 0 Å². The van der Waals surface area contributed by atoms with Gasteiger partial charge in [0.05, 0.1) is 3.79 Å². The Morgan fingerprint density at radius 1 is 1.32 bits per heavy atom. The molecule has 1 aliphatic rings. The van der Waals surface area contributed by atoms with Crippen LogP contribution in [0.3, 0.4) is 0 Å². The highest BCUT2D eigenvalue weighted by atomic mass is 79.9. The fraction of sp³-hybridized carbons (Fsp3) is 0.733. The quantitative estimate of drug-likeness (QED) is 0.877. The molecular weight excluding hydrogens is 320 g/mol. The fourth-order valence-electron chi connectivity index (χ4n) is 3.01. The summed E-state index contributed by atoms with van der Waals surface area (Å²) in [6, 6.07) is 4.41. The maximum atomic E-state index is 3.72. The molecule has 1 aromatic heterocycles. The number of thiophene rings is 1. The van der Waals surface area contributed by atoms with Gasteiger partial charge in [-0.2, -0.15) is 0 Å². The summed E-state index contributed by atoms with van der Waals surface area (Å²) in [7, 11) is 0. The second-order valence-corrected chi connectivity index (χ2v) is 8.78. The van der Waals surface area contributed by atoms with Gasteiger partial charge in [-0.25, -0.2) is 0 Å². The second-order valence-electron chi connectivity index (χ2n) is 6.23. The van der Waals surface area contributed by atoms with E-state index in [2.05, 4.69) is 66.0 Å². The van der Waals surface area contributed by atoms with Crippen LogP contribution in [0.4, 0.5) is 0 Å². The largest absolute Gasteiger partial charge is 0.309 e. The SMILES string of the molecule is CCC1(CC)CNC(C)(C)CN1Cc1ccc(Br)s1. The van der Waals surface area contributed by atoms with E-state index in [4.69, 9.17) is 0 Å². The first kappa shape index (κ1) is 15.5. The Kier molecular flexibility index (Phi) is 4.76. The second kappa shape index (κ2) is 5.84. The van der Waals surface area contributed by atoms with Crippen molar-refractivity contribution in [2.75, 3.05) is 13.1 Å². The van der Waals surface area contributed by atoms with Gasteiger partial charge in [0.2, 0.25) is 0 Å². The fourth-order valence-corrected chi connectivity index (χ4v) is 4.51. The van der Waals surface area contributed by atoms with Gasteiger partial charge in [0.15, 0.2) is 0 Å². The molecule has 0 bridgehead atoms. The van der Waals surface area contributed by atoms with Crippen LogP contribution in [0.25, 0.3) is 0 Å². The van der Waals surface area contributed by atoms with Crippen molar-refractivity contribution in [3.8, 4) is 0 Å². The zero-order valence-corrected chi connectivity index (χ0v) is 14.8. The van der Waals surface area contributed by atoms with E-state index in [0.29, 0.717) is 5.54 Å². The van der Waals surface area contributed by atoms with E-state index in [-0.39, 0.29) is 5.54 Å². The Bertz CT molecular complexity index is 424. The van der Waals surface area contributed by atoms with Crippen LogP contribution in [0.2, 0.25) is 0 Å². The third kappa shape index (κ3) is 3.41. The van der Waals surface area contributed by atoms with Gasteiger partial charge in [-0.05, 0) is 54.8 Å². The maximum absolute atomic E-state index is 3.72. The van der Waals surface area contributed by atoms with Crippen molar-refractivity contribution in [3.05, 3.63) is 20.8 Å². The minimum atomic E-state index is 0.211. The molecule has 0 aromatic carbocycles. The van der Waals surface area contributed by atoms with E-state index in [0.717, 1.165) is 19.6 Å². The first-order valence-electron chi connectivity index (χ1n) is 7.15. The average molecular weight is 345 g/mol. The molecule has 2 nitrogen and oxygen atoms in total. The summed E-state index contributed by atoms with van der Waals surface area (Å²) in [6.07, 6.45) is 2.41. The molecule has 1 saturated heterocycles. The predicted molar refractivity (Wildman–Crippen MR) is 87.8 cm³/mol. The lowest BCUT2D eigenvalue weighted by Gasteiger charge is -2.52. The van der Waals surface area contributed by atoms with Crippen molar-refractivity contribution < 1.29 is 0 Å². The third-order valence-corrected chi connectivity index (χ3v) is 6.05. The summed E-state index contributed by atoms with van der Waals surface area (Å²) in [6.45, 7) is 12.5. The number of nitrogens with one attached hydrogen (secondary N) is 1. The molecule has 0 radical (unpaired) electrons. The van der Waals surface area contributed by atoms with Crippen LogP contribution in [0, 0.1) is 0 Å². The Balaban J connectivity index is 2.20. The summed E-state index contributed by atoms with van der Waals surface area (Å²) in [5, 5.41) is 3.72. The molecule has 1 N–H and O–H groups in total. The molecule has 0 amide bonds. The van der Waals surface area contributed by atoms with Crippen LogP contribution in [-0.4, -0.2) is 29.1 Å². The molecule has 0 atom stereocenters. The molecule has 108 valence electrons. The van der Waals surface area contributed by atoms with Gasteiger partial charge in [-0.3, -0.25) is 4.90 Å². The highest BCUT2D eigenvalue weighted by Crippen LogP contribution is 2.33. The predicted octanol–water partition coefficient (Wildman–Crippen LogP) is 4.25. The van der Waals surface area contributed by atoms with Gasteiger partial charge >= 0.3 is 0 Å². The standard InChI is InChI=1S/C15H25BrN2S/c1-5-15(6-2)10-17-14(3,4)11-18(15)9-12-7-8-13(16)19-12/h7-8,17H,5-6,9-11H2,1-4H3. The molecule has 1 aliphatic heterocycles. The van der Waals surface area contributed by atoms with E-state index in [9.17, 15) is 0 Å². The summed E-state index contributed by atoms with van der Waals surface area (Å²) >= 11 is 5.43. The van der Waals surface area contributed by atoms with Crippen LogP contribution in [-0.2, 0) is 6.54 Å². The summed E-state index contributed by atoms with van der Waals surface area (Å²) in [5.41, 5.74) is 0.522. The Hall–Kier alpha value is 0.1000. The number of halogens is 1. The van der Waals surface area contributed by atoms with Crippen LogP contribution < -0.4 is 5.32 Å². The van der Waals surface area contributed by atoms with Crippen LogP contribution in [0.1, 0.15) is 45.4 Å². The van der Waals surface area contributed by atoms with Gasteiger partial charge < -0.3 is 5.32 Å². The first-order chi connectivity index (χ1) is 8.91. The number of piperazine rings is 1. The number of rotatable bonds is 4. The third-order valence-electron chi connectivity index (χ3n) is 4.44. The molecule has 0 unspecified atom stereocenters. The van der Waals surface area contributed by atoms with E-state index in [1.54, 1.807) is 0 Å². The molecule has 1 aromatic rings. The minimum absolute atomic E-state index is 0.211. The van der Waals surface area contributed by atoms with E-state index >= 15 is 0 Å². The first-order valence-corrected chi connectivity index (χ1v) is 8.76. The van der Waals surface area contributed by atoms with Crippen LogP contribution >= 0.6 is 27.3 Å². The van der Waals surface area contributed by atoms with Crippen molar-refractivity contribution in [2.45, 2.75) is 58.2 Å². The lowest BCUT2D eigenvalue weighted by atomic mass is 9.84. The molecule has 0 saturated carbocycles. The molecule has 0 aliphatic carbocycles. The van der Waals surface area contributed by atoms with Gasteiger partial charge in [0, 0.05) is 35.6 Å². The zero-order chi connectivity index (χ0) is 14.1. The normalized spacial score (nSPS) is 22.6. The lowest BCUT2D eigenvalue weighted by Crippen LogP contribution is -2.67. The van der Waals surface area contributed by atoms with Crippen molar-refractivity contribution in [1.82, 2.24) is 10.2 Å². The topological polar surface area (TPSA) is 15.3 Å². The van der Waals surface area contributed by atoms with Gasteiger partial charge in [0.1, 0.15) is 0 Å². The summed E-state index contributed by atoms with van der Waals surface area (Å²) < 4.78 is 1.23. The monoisotopic (exact) mass is 344 g/mol. The highest BCUT2D eigenvalue weighted by Gasteiger charge is 2.41. The number of nitrogens with zero attached hydrogens (tertiary/aromatic N) is 1. The Labute approximate surface area is 129 Å². The molecule has 19 heavy (non-hydrogen) atoms. The molecule has 2 rings (SSSR count). The summed E-state index contributed by atoms with van der Waals surface area (Å²) in [5.74, 6) is 0. The maximum Gasteiger partial charge on any atom is 0.0701 e. The number of hydrogen-bond donors (Lipinski definition) is 1.